The Morgan fingerprint density at radius 2 is 1.44 bits per heavy atom. The van der Waals surface area contributed by atoms with Crippen molar-refractivity contribution in [1.29, 1.82) is 0 Å². The van der Waals surface area contributed by atoms with E-state index in [0.717, 1.165) is 31.3 Å². The monoisotopic (exact) mass is 460 g/mol. The van der Waals surface area contributed by atoms with Crippen LogP contribution >= 0.6 is 0 Å². The van der Waals surface area contributed by atoms with Crippen molar-refractivity contribution in [3.05, 3.63) is 70.8 Å². The number of aryl methyl sites for hydroxylation is 1. The molecule has 1 atom stereocenters. The second-order valence-corrected chi connectivity index (χ2v) is 11.1. The first-order valence-electron chi connectivity index (χ1n) is 12.9. The van der Waals surface area contributed by atoms with Gasteiger partial charge in [0.1, 0.15) is 5.60 Å². The largest absolute Gasteiger partial charge is 0.494 e. The highest BCUT2D eigenvalue weighted by Gasteiger charge is 2.51. The van der Waals surface area contributed by atoms with Crippen molar-refractivity contribution in [3.8, 4) is 0 Å². The van der Waals surface area contributed by atoms with Gasteiger partial charge in [-0.3, -0.25) is 0 Å². The molecule has 2 aliphatic heterocycles. The summed E-state index contributed by atoms with van der Waals surface area (Å²) >= 11 is 0. The molecule has 2 heterocycles. The second kappa shape index (κ2) is 8.97. The third kappa shape index (κ3) is 4.41. The fourth-order valence-electron chi connectivity index (χ4n) is 5.08. The molecule has 4 rings (SSSR count). The molecule has 0 saturated carbocycles. The lowest BCUT2D eigenvalue weighted by atomic mass is 9.69. The Labute approximate surface area is 207 Å². The molecule has 0 aliphatic carbocycles. The van der Waals surface area contributed by atoms with Crippen molar-refractivity contribution in [2.75, 3.05) is 6.61 Å². The summed E-state index contributed by atoms with van der Waals surface area (Å²) in [6.45, 7) is 18.2. The van der Waals surface area contributed by atoms with Crippen LogP contribution in [0.1, 0.15) is 90.0 Å². The van der Waals surface area contributed by atoms with Gasteiger partial charge in [-0.25, -0.2) is 0 Å². The van der Waals surface area contributed by atoms with Gasteiger partial charge in [-0.1, -0.05) is 69.3 Å². The van der Waals surface area contributed by atoms with E-state index in [0.29, 0.717) is 0 Å². The molecule has 182 valence electrons. The summed E-state index contributed by atoms with van der Waals surface area (Å²) in [6.07, 6.45) is 7.57. The van der Waals surface area contributed by atoms with Gasteiger partial charge < -0.3 is 14.0 Å². The zero-order chi connectivity index (χ0) is 24.8. The van der Waals surface area contributed by atoms with E-state index in [1.807, 2.05) is 0 Å². The lowest BCUT2D eigenvalue weighted by Gasteiger charge is -2.34. The normalized spacial score (nSPS) is 23.6. The number of rotatable bonds is 8. The highest BCUT2D eigenvalue weighted by Crippen LogP contribution is 2.40. The zero-order valence-corrected chi connectivity index (χ0v) is 22.3. The molecule has 0 aromatic heterocycles. The Morgan fingerprint density at radius 1 is 0.882 bits per heavy atom. The van der Waals surface area contributed by atoms with E-state index >= 15 is 0 Å². The summed E-state index contributed by atoms with van der Waals surface area (Å²) < 4.78 is 18.2. The molecule has 2 aromatic rings. The van der Waals surface area contributed by atoms with Crippen molar-refractivity contribution in [3.63, 3.8) is 0 Å². The standard InChI is InChI=1S/C30H41BO3/c1-9-29(21-32-29)19-18-23-12-13-25(20-22(23)4)30(10-2,11-3)24-14-16-26(17-15-24)31-33-27(5,6)28(7,8)34-31/h12-20H,9-11,21H2,1-8H3/b19-18+. The van der Waals surface area contributed by atoms with E-state index < -0.39 is 0 Å². The van der Waals surface area contributed by atoms with E-state index in [9.17, 15) is 0 Å². The molecule has 0 amide bonds. The Balaban J connectivity index is 1.60. The highest BCUT2D eigenvalue weighted by molar-refractivity contribution is 6.62. The SMILES string of the molecule is CCC1(/C=C/c2ccc(C(CC)(CC)c3ccc(B4OC(C)(C)C(C)(C)O4)cc3)cc2C)CO1. The topological polar surface area (TPSA) is 31.0 Å². The van der Waals surface area contributed by atoms with Crippen LogP contribution in [0.25, 0.3) is 6.08 Å². The molecular formula is C30H41BO3. The quantitative estimate of drug-likeness (QED) is 0.329. The summed E-state index contributed by atoms with van der Waals surface area (Å²) in [7, 11) is -0.327. The van der Waals surface area contributed by atoms with E-state index in [2.05, 4.69) is 110 Å². The molecule has 0 radical (unpaired) electrons. The minimum atomic E-state index is -0.330. The predicted molar refractivity (Wildman–Crippen MR) is 143 cm³/mol. The first-order chi connectivity index (χ1) is 16.0. The summed E-state index contributed by atoms with van der Waals surface area (Å²) in [5, 5.41) is 0. The van der Waals surface area contributed by atoms with Gasteiger partial charge in [0.15, 0.2) is 0 Å². The molecule has 2 fully saturated rings. The van der Waals surface area contributed by atoms with E-state index in [4.69, 9.17) is 14.0 Å². The predicted octanol–water partition coefficient (Wildman–Crippen LogP) is 6.59. The van der Waals surface area contributed by atoms with E-state index in [1.165, 1.54) is 22.3 Å². The van der Waals surface area contributed by atoms with Crippen LogP contribution in [0, 0.1) is 6.92 Å². The number of hydrogen-bond acceptors (Lipinski definition) is 3. The lowest BCUT2D eigenvalue weighted by Crippen LogP contribution is -2.41. The van der Waals surface area contributed by atoms with Gasteiger partial charge in [-0.05, 0) is 87.7 Å². The van der Waals surface area contributed by atoms with Crippen molar-refractivity contribution in [2.24, 2.45) is 0 Å². The highest BCUT2D eigenvalue weighted by atomic mass is 16.7. The van der Waals surface area contributed by atoms with Gasteiger partial charge in [0, 0.05) is 5.41 Å². The van der Waals surface area contributed by atoms with Crippen LogP contribution in [0.4, 0.5) is 0 Å². The zero-order valence-electron chi connectivity index (χ0n) is 22.3. The van der Waals surface area contributed by atoms with Gasteiger partial charge in [0.2, 0.25) is 0 Å². The van der Waals surface area contributed by atoms with Crippen LogP contribution in [-0.2, 0) is 19.5 Å². The lowest BCUT2D eigenvalue weighted by molar-refractivity contribution is 0.00578. The van der Waals surface area contributed by atoms with Crippen LogP contribution in [0.5, 0.6) is 0 Å². The maximum Gasteiger partial charge on any atom is 0.494 e. The van der Waals surface area contributed by atoms with Crippen LogP contribution in [0.2, 0.25) is 0 Å². The number of hydrogen-bond donors (Lipinski definition) is 0. The fourth-order valence-corrected chi connectivity index (χ4v) is 5.08. The molecule has 4 heteroatoms. The minimum Gasteiger partial charge on any atom is -0.399 e. The summed E-state index contributed by atoms with van der Waals surface area (Å²) in [5.41, 5.74) is 5.66. The van der Waals surface area contributed by atoms with Crippen LogP contribution < -0.4 is 5.46 Å². The molecule has 2 saturated heterocycles. The summed E-state index contributed by atoms with van der Waals surface area (Å²) in [4.78, 5) is 0. The minimum absolute atomic E-state index is 0.0221. The molecule has 3 nitrogen and oxygen atoms in total. The Hall–Kier alpha value is -1.88. The van der Waals surface area contributed by atoms with E-state index in [1.54, 1.807) is 0 Å². The first-order valence-corrected chi connectivity index (χ1v) is 12.9. The molecule has 1 unspecified atom stereocenters. The van der Waals surface area contributed by atoms with Gasteiger partial charge in [-0.15, -0.1) is 0 Å². The second-order valence-electron chi connectivity index (χ2n) is 11.1. The summed E-state index contributed by atoms with van der Waals surface area (Å²) in [5.74, 6) is 0. The third-order valence-electron chi connectivity index (χ3n) is 8.70. The molecule has 0 N–H and O–H groups in total. The van der Waals surface area contributed by atoms with Gasteiger partial charge >= 0.3 is 7.12 Å². The first kappa shape index (κ1) is 25.2. The average molecular weight is 460 g/mol. The Kier molecular flexibility index (Phi) is 6.65. The maximum atomic E-state index is 6.26. The van der Waals surface area contributed by atoms with Crippen molar-refractivity contribution < 1.29 is 14.0 Å². The van der Waals surface area contributed by atoms with Crippen LogP contribution in [0.15, 0.2) is 48.5 Å². The molecule has 2 aliphatic rings. The molecule has 0 spiro atoms. The number of ether oxygens (including phenoxy) is 1. The Bertz CT molecular complexity index is 1030. The van der Waals surface area contributed by atoms with Gasteiger partial charge in [0.25, 0.3) is 0 Å². The average Bonchev–Trinajstić information content (AvgIpc) is 3.55. The van der Waals surface area contributed by atoms with Crippen LogP contribution in [-0.4, -0.2) is 30.5 Å². The molecule has 34 heavy (non-hydrogen) atoms. The fraction of sp³-hybridized carbons (Fsp3) is 0.533. The maximum absolute atomic E-state index is 6.26. The number of epoxide rings is 1. The van der Waals surface area contributed by atoms with Crippen molar-refractivity contribution in [1.82, 2.24) is 0 Å². The molecule has 0 bridgehead atoms. The summed E-state index contributed by atoms with van der Waals surface area (Å²) in [6, 6.07) is 15.9. The molecule has 2 aromatic carbocycles. The van der Waals surface area contributed by atoms with E-state index in [-0.39, 0.29) is 29.3 Å². The van der Waals surface area contributed by atoms with Crippen molar-refractivity contribution in [2.45, 2.75) is 96.9 Å². The Morgan fingerprint density at radius 3 is 1.91 bits per heavy atom. The van der Waals surface area contributed by atoms with Crippen molar-refractivity contribution >= 4 is 18.7 Å². The third-order valence-corrected chi connectivity index (χ3v) is 8.70. The van der Waals surface area contributed by atoms with Gasteiger partial charge in [-0.2, -0.15) is 0 Å². The van der Waals surface area contributed by atoms with Gasteiger partial charge in [0.05, 0.1) is 17.8 Å². The number of benzene rings is 2. The molecular weight excluding hydrogens is 419 g/mol. The smallest absolute Gasteiger partial charge is 0.399 e. The van der Waals surface area contributed by atoms with Crippen LogP contribution in [0.3, 0.4) is 0 Å².